The van der Waals surface area contributed by atoms with Crippen molar-refractivity contribution >= 4 is 5.91 Å². The van der Waals surface area contributed by atoms with Crippen LogP contribution in [-0.4, -0.2) is 140 Å². The number of hydrogen-bond acceptors (Lipinski definition) is 13. The monoisotopic (exact) mass is 1300 g/mol. The van der Waals surface area contributed by atoms with E-state index in [-0.39, 0.29) is 18.9 Å². The van der Waals surface area contributed by atoms with Gasteiger partial charge in [-0.3, -0.25) is 4.79 Å². The number of ether oxygens (including phenoxy) is 4. The molecule has 91 heavy (non-hydrogen) atoms. The summed E-state index contributed by atoms with van der Waals surface area (Å²) in [5.41, 5.74) is 0. The van der Waals surface area contributed by atoms with Gasteiger partial charge in [0.15, 0.2) is 12.6 Å². The van der Waals surface area contributed by atoms with Crippen LogP contribution < -0.4 is 5.32 Å². The molecular weight excluding hydrogens is 1150 g/mol. The molecule has 2 saturated heterocycles. The van der Waals surface area contributed by atoms with Gasteiger partial charge in [-0.1, -0.05) is 366 Å². The van der Waals surface area contributed by atoms with Gasteiger partial charge in [-0.05, 0) is 19.3 Å². The lowest BCUT2D eigenvalue weighted by atomic mass is 9.97. The van der Waals surface area contributed by atoms with Crippen LogP contribution in [0.25, 0.3) is 0 Å². The van der Waals surface area contributed by atoms with Crippen molar-refractivity contribution in [1.82, 2.24) is 5.32 Å². The molecule has 0 aromatic rings. The van der Waals surface area contributed by atoms with Gasteiger partial charge < -0.3 is 65.1 Å². The standard InChI is InChI=1S/C77H149NO13/c1-3-5-7-9-11-13-15-17-19-21-23-25-27-29-31-32-33-35-36-38-40-42-44-46-48-50-52-54-56-58-60-66(81)65(64-88-76-74(87)72(85)75(68(63-80)90-76)91-77-73(86)71(84)70(83)67(62-79)89-77)78-69(82)61-59-57-55-53-51-49-47-45-43-41-39-37-34-30-28-26-24-22-20-18-16-14-12-10-8-6-4-2/h58,60,65-68,70-77,79-81,83-87H,3-57,59,61-64H2,1-2H3,(H,78,82)/b60-58+. The fourth-order valence-corrected chi connectivity index (χ4v) is 13.5. The molecule has 0 aromatic carbocycles. The molecular formula is C77H149NO13. The smallest absolute Gasteiger partial charge is 0.220 e. The van der Waals surface area contributed by atoms with Crippen molar-refractivity contribution in [2.75, 3.05) is 19.8 Å². The van der Waals surface area contributed by atoms with E-state index < -0.39 is 86.8 Å². The number of unbranched alkanes of at least 4 members (excludes halogenated alkanes) is 54. The predicted octanol–water partition coefficient (Wildman–Crippen LogP) is 17.3. The average molecular weight is 1300 g/mol. The van der Waals surface area contributed by atoms with E-state index >= 15 is 0 Å². The summed E-state index contributed by atoms with van der Waals surface area (Å²) in [5, 5.41) is 87.7. The first-order chi connectivity index (χ1) is 44.6. The van der Waals surface area contributed by atoms with Gasteiger partial charge in [0, 0.05) is 6.42 Å². The molecule has 0 saturated carbocycles. The highest BCUT2D eigenvalue weighted by molar-refractivity contribution is 5.76. The highest BCUT2D eigenvalue weighted by Crippen LogP contribution is 2.30. The van der Waals surface area contributed by atoms with Crippen LogP contribution in [0.2, 0.25) is 0 Å². The Morgan fingerprint density at radius 2 is 0.681 bits per heavy atom. The second-order valence-electron chi connectivity index (χ2n) is 28.2. The molecule has 2 heterocycles. The van der Waals surface area contributed by atoms with E-state index in [9.17, 15) is 45.6 Å². The minimum atomic E-state index is -1.79. The predicted molar refractivity (Wildman–Crippen MR) is 374 cm³/mol. The van der Waals surface area contributed by atoms with E-state index in [0.29, 0.717) is 0 Å². The maximum Gasteiger partial charge on any atom is 0.220 e. The van der Waals surface area contributed by atoms with Crippen molar-refractivity contribution in [3.63, 3.8) is 0 Å². The molecule has 12 atom stereocenters. The van der Waals surface area contributed by atoms with Gasteiger partial charge in [-0.15, -0.1) is 0 Å². The third kappa shape index (κ3) is 45.8. The first kappa shape index (κ1) is 85.8. The van der Waals surface area contributed by atoms with Crippen LogP contribution in [0, 0.1) is 0 Å². The van der Waals surface area contributed by atoms with Crippen molar-refractivity contribution in [3.05, 3.63) is 12.2 Å². The number of carbonyl (C=O) groups excluding carboxylic acids is 1. The highest BCUT2D eigenvalue weighted by Gasteiger charge is 2.51. The van der Waals surface area contributed by atoms with Crippen LogP contribution in [0.15, 0.2) is 12.2 Å². The fraction of sp³-hybridized carbons (Fsp3) is 0.961. The van der Waals surface area contributed by atoms with Gasteiger partial charge >= 0.3 is 0 Å². The van der Waals surface area contributed by atoms with Gasteiger partial charge in [0.25, 0.3) is 0 Å². The van der Waals surface area contributed by atoms with Crippen molar-refractivity contribution in [3.8, 4) is 0 Å². The van der Waals surface area contributed by atoms with E-state index in [4.69, 9.17) is 18.9 Å². The van der Waals surface area contributed by atoms with E-state index in [2.05, 4.69) is 19.2 Å². The quantitative estimate of drug-likeness (QED) is 0.0204. The van der Waals surface area contributed by atoms with Gasteiger partial charge in [-0.2, -0.15) is 0 Å². The van der Waals surface area contributed by atoms with Gasteiger partial charge in [0.1, 0.15) is 48.8 Å². The molecule has 0 bridgehead atoms. The van der Waals surface area contributed by atoms with Crippen molar-refractivity contribution in [1.29, 1.82) is 0 Å². The first-order valence-electron chi connectivity index (χ1n) is 39.4. The number of nitrogens with one attached hydrogen (secondary N) is 1. The molecule has 540 valence electrons. The van der Waals surface area contributed by atoms with Crippen LogP contribution in [0.4, 0.5) is 0 Å². The second kappa shape index (κ2) is 62.3. The summed E-state index contributed by atoms with van der Waals surface area (Å²) in [6.45, 7) is 2.88. The molecule has 9 N–H and O–H groups in total. The van der Waals surface area contributed by atoms with Crippen LogP contribution in [-0.2, 0) is 23.7 Å². The lowest BCUT2D eigenvalue weighted by Gasteiger charge is -2.46. The summed E-state index contributed by atoms with van der Waals surface area (Å²) >= 11 is 0. The van der Waals surface area contributed by atoms with Crippen molar-refractivity contribution < 1.29 is 64.6 Å². The second-order valence-corrected chi connectivity index (χ2v) is 28.2. The van der Waals surface area contributed by atoms with Crippen molar-refractivity contribution in [2.24, 2.45) is 0 Å². The van der Waals surface area contributed by atoms with Gasteiger partial charge in [0.2, 0.25) is 5.91 Å². The molecule has 1 amide bonds. The van der Waals surface area contributed by atoms with Gasteiger partial charge in [-0.25, -0.2) is 0 Å². The summed E-state index contributed by atoms with van der Waals surface area (Å²) in [4.78, 5) is 13.4. The Morgan fingerprint density at radius 1 is 0.385 bits per heavy atom. The number of rotatable bonds is 67. The minimum Gasteiger partial charge on any atom is -0.394 e. The Bertz CT molecular complexity index is 1570. The zero-order chi connectivity index (χ0) is 65.9. The zero-order valence-electron chi connectivity index (χ0n) is 59.1. The summed E-state index contributed by atoms with van der Waals surface area (Å²) < 4.78 is 22.9. The average Bonchev–Trinajstić information content (AvgIpc) is 0.978. The van der Waals surface area contributed by atoms with Crippen molar-refractivity contribution in [2.45, 2.75) is 453 Å². The third-order valence-electron chi connectivity index (χ3n) is 19.7. The molecule has 14 nitrogen and oxygen atoms in total. The molecule has 0 radical (unpaired) electrons. The Labute approximate surface area is 558 Å². The van der Waals surface area contributed by atoms with Crippen LogP contribution in [0.3, 0.4) is 0 Å². The Kier molecular flexibility index (Phi) is 58.7. The molecule has 2 aliphatic rings. The largest absolute Gasteiger partial charge is 0.394 e. The fourth-order valence-electron chi connectivity index (χ4n) is 13.5. The molecule has 0 spiro atoms. The van der Waals surface area contributed by atoms with E-state index in [0.717, 1.165) is 44.9 Å². The number of hydrogen-bond donors (Lipinski definition) is 9. The maximum atomic E-state index is 13.4. The molecule has 14 heteroatoms. The summed E-state index contributed by atoms with van der Waals surface area (Å²) in [6, 6.07) is -0.912. The number of allylic oxidation sites excluding steroid dienone is 1. The number of amides is 1. The highest BCUT2D eigenvalue weighted by atomic mass is 16.7. The third-order valence-corrected chi connectivity index (χ3v) is 19.7. The SMILES string of the molecule is CCCCCCCCCCCCCCCCCCCCCCCCCCCCCC/C=C/C(O)C(COC1OC(CO)C(OC2OC(CO)C(O)C(O)C2O)C(O)C1O)NC(=O)CCCCCCCCCCCCCCCCCCCCCCCCCCCCC. The van der Waals surface area contributed by atoms with Crippen LogP contribution in [0.5, 0.6) is 0 Å². The van der Waals surface area contributed by atoms with Gasteiger partial charge in [0.05, 0.1) is 32.0 Å². The first-order valence-corrected chi connectivity index (χ1v) is 39.4. The lowest BCUT2D eigenvalue weighted by molar-refractivity contribution is -0.359. The molecule has 0 aromatic heterocycles. The van der Waals surface area contributed by atoms with Crippen LogP contribution in [0.1, 0.15) is 380 Å². The topological polar surface area (TPSA) is 228 Å². The molecule has 2 rings (SSSR count). The normalized spacial score (nSPS) is 22.7. The lowest BCUT2D eigenvalue weighted by Crippen LogP contribution is -2.65. The number of aliphatic hydroxyl groups is 8. The summed E-state index contributed by atoms with van der Waals surface area (Å²) in [5.74, 6) is -0.229. The number of aliphatic hydroxyl groups excluding tert-OH is 8. The van der Waals surface area contributed by atoms with E-state index in [1.165, 1.54) is 315 Å². The molecule has 0 aliphatic carbocycles. The molecule has 2 fully saturated rings. The Hall–Kier alpha value is -1.27. The van der Waals surface area contributed by atoms with E-state index in [1.807, 2.05) is 6.08 Å². The minimum absolute atomic E-state index is 0.229. The summed E-state index contributed by atoms with van der Waals surface area (Å²) in [6.07, 6.45) is 61.5. The molecule has 2 aliphatic heterocycles. The number of carbonyl (C=O) groups is 1. The maximum absolute atomic E-state index is 13.4. The van der Waals surface area contributed by atoms with Crippen LogP contribution >= 0.6 is 0 Å². The Balaban J connectivity index is 1.63. The Morgan fingerprint density at radius 3 is 1.01 bits per heavy atom. The summed E-state index contributed by atoms with van der Waals surface area (Å²) in [7, 11) is 0. The molecule has 12 unspecified atom stereocenters. The zero-order valence-corrected chi connectivity index (χ0v) is 59.1. The van der Waals surface area contributed by atoms with E-state index in [1.54, 1.807) is 6.08 Å².